The maximum atomic E-state index is 13.6. The molecule has 0 radical (unpaired) electrons. The van der Waals surface area contributed by atoms with Crippen LogP contribution in [-0.4, -0.2) is 30.4 Å². The molecule has 0 unspecified atom stereocenters. The molecule has 34 heavy (non-hydrogen) atoms. The molecule has 1 N–H and O–H groups in total. The van der Waals surface area contributed by atoms with Gasteiger partial charge in [-0.05, 0) is 67.0 Å². The molecule has 1 aliphatic carbocycles. The highest BCUT2D eigenvalue weighted by Crippen LogP contribution is 2.56. The van der Waals surface area contributed by atoms with E-state index in [4.69, 9.17) is 19.8 Å². The normalized spacial score (nSPS) is 25.6. The van der Waals surface area contributed by atoms with E-state index in [1.165, 1.54) is 12.1 Å². The molecule has 2 bridgehead atoms. The van der Waals surface area contributed by atoms with Crippen LogP contribution in [-0.2, 0) is 26.3 Å². The minimum atomic E-state index is -0.772. The number of allylic oxidation sites excluding steroid dienone is 2. The number of benzene rings is 2. The minimum Gasteiger partial charge on any atom is -0.481 e. The van der Waals surface area contributed by atoms with Crippen LogP contribution >= 0.6 is 0 Å². The van der Waals surface area contributed by atoms with E-state index in [9.17, 15) is 9.18 Å². The average molecular weight is 464 g/mol. The second-order valence-corrected chi connectivity index (χ2v) is 9.31. The first-order valence-corrected chi connectivity index (χ1v) is 11.8. The number of hydrogen-bond acceptors (Lipinski definition) is 4. The van der Waals surface area contributed by atoms with Crippen molar-refractivity contribution in [2.45, 2.75) is 50.2 Å². The molecular formula is C28H30FNO4. The van der Waals surface area contributed by atoms with Crippen molar-refractivity contribution in [3.63, 3.8) is 0 Å². The molecule has 4 rings (SSSR count). The number of nitrogens with zero attached hydrogens (tertiary/aromatic N) is 1. The maximum Gasteiger partial charge on any atom is 0.303 e. The van der Waals surface area contributed by atoms with E-state index in [1.807, 2.05) is 30.3 Å². The van der Waals surface area contributed by atoms with Gasteiger partial charge in [0.05, 0.1) is 37.6 Å². The minimum absolute atomic E-state index is 0.0842. The van der Waals surface area contributed by atoms with Crippen LogP contribution in [0, 0.1) is 29.0 Å². The third kappa shape index (κ3) is 5.38. The zero-order valence-corrected chi connectivity index (χ0v) is 19.2. The molecule has 1 aliphatic heterocycles. The molecule has 4 atom stereocenters. The quantitative estimate of drug-likeness (QED) is 0.357. The predicted octanol–water partition coefficient (Wildman–Crippen LogP) is 5.39. The van der Waals surface area contributed by atoms with Gasteiger partial charge >= 0.3 is 5.97 Å². The van der Waals surface area contributed by atoms with E-state index in [1.54, 1.807) is 6.07 Å². The maximum absolute atomic E-state index is 13.6. The zero-order chi connectivity index (χ0) is 24.0. The summed E-state index contributed by atoms with van der Waals surface area (Å²) in [6.45, 7) is 1.59. The molecule has 1 saturated carbocycles. The van der Waals surface area contributed by atoms with Gasteiger partial charge in [-0.25, -0.2) is 4.39 Å². The van der Waals surface area contributed by atoms with Gasteiger partial charge in [-0.1, -0.05) is 36.4 Å². The second kappa shape index (κ2) is 10.9. The number of carboxylic acids is 1. The number of halogens is 1. The number of rotatable bonds is 11. The van der Waals surface area contributed by atoms with Crippen molar-refractivity contribution in [1.82, 2.24) is 0 Å². The van der Waals surface area contributed by atoms with E-state index in [2.05, 4.69) is 18.2 Å². The summed E-state index contributed by atoms with van der Waals surface area (Å²) in [6, 6.07) is 16.4. The first-order valence-electron chi connectivity index (χ1n) is 11.8. The zero-order valence-electron chi connectivity index (χ0n) is 19.2. The largest absolute Gasteiger partial charge is 0.481 e. The van der Waals surface area contributed by atoms with Crippen LogP contribution in [0.25, 0.3) is 0 Å². The predicted molar refractivity (Wildman–Crippen MR) is 125 cm³/mol. The number of carbonyl (C=O) groups is 1. The molecule has 1 heterocycles. The number of nitriles is 1. The van der Waals surface area contributed by atoms with Crippen molar-refractivity contribution in [3.8, 4) is 6.07 Å². The lowest BCUT2D eigenvalue weighted by Crippen LogP contribution is -2.41. The van der Waals surface area contributed by atoms with Gasteiger partial charge in [-0.15, -0.1) is 0 Å². The summed E-state index contributed by atoms with van der Waals surface area (Å²) in [5.74, 6) is -0.547. The Bertz CT molecular complexity index is 1060. The Morgan fingerprint density at radius 1 is 1.26 bits per heavy atom. The third-order valence-electron chi connectivity index (χ3n) is 7.20. The van der Waals surface area contributed by atoms with Crippen LogP contribution < -0.4 is 0 Å². The van der Waals surface area contributed by atoms with Crippen LogP contribution in [0.1, 0.15) is 48.8 Å². The summed E-state index contributed by atoms with van der Waals surface area (Å²) in [7, 11) is 0. The molecule has 2 fully saturated rings. The van der Waals surface area contributed by atoms with Gasteiger partial charge in [0.2, 0.25) is 0 Å². The van der Waals surface area contributed by atoms with Gasteiger partial charge < -0.3 is 14.6 Å². The Labute approximate surface area is 199 Å². The SMILES string of the molecule is N#Cc1cccc(COC[C@@H]2[C@@H]3C[C@@](c4ccc(F)cc4)(CO3)[C@H]2C/C=C\CCCC(=O)O)c1. The summed E-state index contributed by atoms with van der Waals surface area (Å²) >= 11 is 0. The lowest BCUT2D eigenvalue weighted by atomic mass is 9.69. The van der Waals surface area contributed by atoms with E-state index >= 15 is 0 Å². The Balaban J connectivity index is 1.46. The fourth-order valence-corrected chi connectivity index (χ4v) is 5.53. The van der Waals surface area contributed by atoms with Gasteiger partial charge in [0, 0.05) is 17.8 Å². The van der Waals surface area contributed by atoms with Gasteiger partial charge in [-0.3, -0.25) is 4.79 Å². The number of aliphatic carboxylic acids is 1. The van der Waals surface area contributed by atoms with Gasteiger partial charge in [0.1, 0.15) is 5.82 Å². The summed E-state index contributed by atoms with van der Waals surface area (Å²) in [6.07, 6.45) is 7.56. The Morgan fingerprint density at radius 2 is 2.09 bits per heavy atom. The third-order valence-corrected chi connectivity index (χ3v) is 7.20. The van der Waals surface area contributed by atoms with Crippen molar-refractivity contribution in [2.24, 2.45) is 11.8 Å². The summed E-state index contributed by atoms with van der Waals surface area (Å²) in [5.41, 5.74) is 2.50. The first kappa shape index (κ1) is 24.1. The molecule has 2 aromatic rings. The molecular weight excluding hydrogens is 433 g/mol. The highest BCUT2D eigenvalue weighted by Gasteiger charge is 2.59. The number of carboxylic acid groups (broad SMARTS) is 1. The summed E-state index contributed by atoms with van der Waals surface area (Å²) in [4.78, 5) is 10.7. The summed E-state index contributed by atoms with van der Waals surface area (Å²) in [5, 5.41) is 17.9. The smallest absolute Gasteiger partial charge is 0.303 e. The number of unbranched alkanes of at least 4 members (excludes halogenated alkanes) is 1. The van der Waals surface area contributed by atoms with E-state index in [0.717, 1.165) is 30.4 Å². The molecule has 0 spiro atoms. The molecule has 6 heteroatoms. The van der Waals surface area contributed by atoms with Crippen LogP contribution in [0.5, 0.6) is 0 Å². The van der Waals surface area contributed by atoms with Crippen LogP contribution in [0.3, 0.4) is 0 Å². The van der Waals surface area contributed by atoms with Crippen LogP contribution in [0.15, 0.2) is 60.7 Å². The topological polar surface area (TPSA) is 79.5 Å². The molecule has 178 valence electrons. The Hall–Kier alpha value is -3.01. The van der Waals surface area contributed by atoms with Gasteiger partial charge in [0.25, 0.3) is 0 Å². The van der Waals surface area contributed by atoms with Crippen molar-refractivity contribution < 1.29 is 23.8 Å². The van der Waals surface area contributed by atoms with Crippen molar-refractivity contribution in [3.05, 3.63) is 83.2 Å². The first-order chi connectivity index (χ1) is 16.5. The molecule has 5 nitrogen and oxygen atoms in total. The van der Waals surface area contributed by atoms with Crippen molar-refractivity contribution in [2.75, 3.05) is 13.2 Å². The second-order valence-electron chi connectivity index (χ2n) is 9.31. The monoisotopic (exact) mass is 463 g/mol. The Morgan fingerprint density at radius 3 is 2.85 bits per heavy atom. The fourth-order valence-electron chi connectivity index (χ4n) is 5.53. The highest BCUT2D eigenvalue weighted by molar-refractivity contribution is 5.66. The van der Waals surface area contributed by atoms with Crippen molar-refractivity contribution in [1.29, 1.82) is 5.26 Å². The lowest BCUT2D eigenvalue weighted by molar-refractivity contribution is -0.137. The molecule has 0 aromatic heterocycles. The van der Waals surface area contributed by atoms with E-state index < -0.39 is 5.97 Å². The average Bonchev–Trinajstić information content (AvgIpc) is 3.40. The number of fused-ring (bicyclic) bond motifs is 2. The number of hydrogen-bond donors (Lipinski definition) is 1. The molecule has 2 aromatic carbocycles. The lowest BCUT2D eigenvalue weighted by Gasteiger charge is -2.39. The fraction of sp³-hybridized carbons (Fsp3) is 0.429. The Kier molecular flexibility index (Phi) is 7.77. The van der Waals surface area contributed by atoms with Crippen molar-refractivity contribution >= 4 is 5.97 Å². The van der Waals surface area contributed by atoms with Crippen LogP contribution in [0.4, 0.5) is 4.39 Å². The van der Waals surface area contributed by atoms with E-state index in [0.29, 0.717) is 31.8 Å². The van der Waals surface area contributed by atoms with E-state index in [-0.39, 0.29) is 35.6 Å². The molecule has 1 saturated heterocycles. The van der Waals surface area contributed by atoms with Gasteiger partial charge in [-0.2, -0.15) is 5.26 Å². The summed E-state index contributed by atoms with van der Waals surface area (Å²) < 4.78 is 25.9. The standard InChI is InChI=1S/C28H30FNO4/c29-23-12-10-22(11-13-23)28-15-26(34-19-28)24(25(28)8-3-1-2-4-9-27(31)32)18-33-17-21-7-5-6-20(14-21)16-30/h1,3,5-7,10-14,24-26H,2,4,8-9,15,17-19H2,(H,31,32)/b3-1-/t24-,25-,26-,28-/m0/s1. The molecule has 2 aliphatic rings. The molecule has 0 amide bonds. The highest BCUT2D eigenvalue weighted by atomic mass is 19.1. The van der Waals surface area contributed by atoms with Gasteiger partial charge in [0.15, 0.2) is 0 Å². The number of ether oxygens (including phenoxy) is 2. The van der Waals surface area contributed by atoms with Crippen LogP contribution in [0.2, 0.25) is 0 Å².